The zero-order valence-electron chi connectivity index (χ0n) is 10.2. The zero-order chi connectivity index (χ0) is 12.6. The second-order valence-corrected chi connectivity index (χ2v) is 4.79. The molecule has 0 saturated heterocycles. The first kappa shape index (κ1) is 11.9. The van der Waals surface area contributed by atoms with Crippen molar-refractivity contribution in [2.24, 2.45) is 0 Å². The molecule has 0 radical (unpaired) electrons. The van der Waals surface area contributed by atoms with Gasteiger partial charge in [-0.25, -0.2) is 0 Å². The van der Waals surface area contributed by atoms with E-state index in [2.05, 4.69) is 0 Å². The molecule has 4 nitrogen and oxygen atoms in total. The molecule has 0 aliphatic carbocycles. The van der Waals surface area contributed by atoms with E-state index in [0.717, 1.165) is 11.8 Å². The predicted molar refractivity (Wildman–Crippen MR) is 62.8 cm³/mol. The lowest BCUT2D eigenvalue weighted by molar-refractivity contribution is -0.0235. The van der Waals surface area contributed by atoms with Crippen LogP contribution in [-0.4, -0.2) is 30.2 Å². The Bertz CT molecular complexity index is 445. The van der Waals surface area contributed by atoms with Crippen LogP contribution in [0.25, 0.3) is 0 Å². The topological polar surface area (TPSA) is 55.8 Å². The summed E-state index contributed by atoms with van der Waals surface area (Å²) < 4.78 is 10.9. The Morgan fingerprint density at radius 2 is 2.24 bits per heavy atom. The van der Waals surface area contributed by atoms with Gasteiger partial charge in [0.25, 0.3) is 0 Å². The van der Waals surface area contributed by atoms with Gasteiger partial charge in [-0.05, 0) is 26.0 Å². The fourth-order valence-electron chi connectivity index (χ4n) is 1.97. The molecule has 0 unspecified atom stereocenters. The maximum Gasteiger partial charge on any atom is 0.165 e. The molecule has 1 atom stereocenters. The molecule has 0 saturated carbocycles. The van der Waals surface area contributed by atoms with Gasteiger partial charge < -0.3 is 14.6 Å². The number of aldehydes is 1. The number of ether oxygens (including phenoxy) is 2. The summed E-state index contributed by atoms with van der Waals surface area (Å²) in [6.45, 7) is 3.41. The molecular formula is C13H16O4. The number of rotatable bonds is 3. The third kappa shape index (κ3) is 2.13. The van der Waals surface area contributed by atoms with Gasteiger partial charge in [0.05, 0.1) is 12.7 Å². The summed E-state index contributed by atoms with van der Waals surface area (Å²) in [7, 11) is 1.53. The Labute approximate surface area is 100 Å². The Morgan fingerprint density at radius 3 is 2.76 bits per heavy atom. The molecule has 0 bridgehead atoms. The predicted octanol–water partition coefficient (Wildman–Crippen LogP) is 1.58. The first-order valence-corrected chi connectivity index (χ1v) is 5.51. The molecule has 92 valence electrons. The molecular weight excluding hydrogens is 220 g/mol. The highest BCUT2D eigenvalue weighted by Crippen LogP contribution is 2.40. The normalized spacial score (nSPS) is 18.5. The zero-order valence-corrected chi connectivity index (χ0v) is 10.2. The Morgan fingerprint density at radius 1 is 1.53 bits per heavy atom. The SMILES string of the molecule is COc1cc(C=O)cc2c1O[C@H](C(C)(C)O)C2. The van der Waals surface area contributed by atoms with Gasteiger partial charge in [-0.15, -0.1) is 0 Å². The van der Waals surface area contributed by atoms with E-state index in [1.54, 1.807) is 26.0 Å². The standard InChI is InChI=1S/C13H16O4/c1-13(2,15)11-6-9-4-8(7-14)5-10(16-3)12(9)17-11/h4-5,7,11,15H,6H2,1-3H3/t11-/m0/s1. The van der Waals surface area contributed by atoms with Crippen molar-refractivity contribution in [3.8, 4) is 11.5 Å². The van der Waals surface area contributed by atoms with Crippen LogP contribution in [0.1, 0.15) is 29.8 Å². The highest BCUT2D eigenvalue weighted by Gasteiger charge is 2.36. The van der Waals surface area contributed by atoms with Gasteiger partial charge in [0.1, 0.15) is 12.4 Å². The maximum atomic E-state index is 10.8. The van der Waals surface area contributed by atoms with Gasteiger partial charge >= 0.3 is 0 Å². The molecule has 1 N–H and O–H groups in total. The van der Waals surface area contributed by atoms with E-state index in [1.807, 2.05) is 0 Å². The van der Waals surface area contributed by atoms with Crippen LogP contribution in [-0.2, 0) is 6.42 Å². The number of aliphatic hydroxyl groups is 1. The minimum atomic E-state index is -0.925. The molecule has 0 spiro atoms. The highest BCUT2D eigenvalue weighted by molar-refractivity contribution is 5.77. The largest absolute Gasteiger partial charge is 0.493 e. The number of carbonyl (C=O) groups is 1. The number of hydrogen-bond acceptors (Lipinski definition) is 4. The van der Waals surface area contributed by atoms with E-state index in [0.29, 0.717) is 23.5 Å². The fourth-order valence-corrected chi connectivity index (χ4v) is 1.97. The second kappa shape index (κ2) is 4.04. The molecule has 0 amide bonds. The molecule has 17 heavy (non-hydrogen) atoms. The van der Waals surface area contributed by atoms with Gasteiger partial charge in [0.15, 0.2) is 11.5 Å². The lowest BCUT2D eigenvalue weighted by Crippen LogP contribution is -2.39. The fraction of sp³-hybridized carbons (Fsp3) is 0.462. The van der Waals surface area contributed by atoms with Crippen molar-refractivity contribution in [1.82, 2.24) is 0 Å². The number of fused-ring (bicyclic) bond motifs is 1. The van der Waals surface area contributed by atoms with Crippen LogP contribution >= 0.6 is 0 Å². The number of hydrogen-bond donors (Lipinski definition) is 1. The van der Waals surface area contributed by atoms with Crippen molar-refractivity contribution in [3.63, 3.8) is 0 Å². The summed E-state index contributed by atoms with van der Waals surface area (Å²) in [5.74, 6) is 1.17. The lowest BCUT2D eigenvalue weighted by Gasteiger charge is -2.24. The number of methoxy groups -OCH3 is 1. The van der Waals surface area contributed by atoms with Crippen LogP contribution in [0.5, 0.6) is 11.5 Å². The lowest BCUT2D eigenvalue weighted by atomic mass is 9.96. The van der Waals surface area contributed by atoms with E-state index in [4.69, 9.17) is 9.47 Å². The molecule has 1 heterocycles. The quantitative estimate of drug-likeness (QED) is 0.809. The summed E-state index contributed by atoms with van der Waals surface area (Å²) in [4.78, 5) is 10.8. The number of carbonyl (C=O) groups excluding carboxylic acids is 1. The van der Waals surface area contributed by atoms with Gasteiger partial charge in [0.2, 0.25) is 0 Å². The monoisotopic (exact) mass is 236 g/mol. The van der Waals surface area contributed by atoms with Crippen molar-refractivity contribution in [2.75, 3.05) is 7.11 Å². The van der Waals surface area contributed by atoms with Crippen LogP contribution in [0.2, 0.25) is 0 Å². The molecule has 1 aromatic rings. The molecule has 0 fully saturated rings. The van der Waals surface area contributed by atoms with Gasteiger partial charge in [-0.3, -0.25) is 4.79 Å². The van der Waals surface area contributed by atoms with Gasteiger partial charge in [0, 0.05) is 17.5 Å². The molecule has 1 aliphatic rings. The van der Waals surface area contributed by atoms with Crippen molar-refractivity contribution in [3.05, 3.63) is 23.3 Å². The van der Waals surface area contributed by atoms with Crippen LogP contribution in [0.3, 0.4) is 0 Å². The van der Waals surface area contributed by atoms with E-state index in [-0.39, 0.29) is 6.10 Å². The third-order valence-electron chi connectivity index (χ3n) is 2.96. The van der Waals surface area contributed by atoms with Crippen LogP contribution in [0, 0.1) is 0 Å². The summed E-state index contributed by atoms with van der Waals surface area (Å²) in [6, 6.07) is 3.41. The maximum absolute atomic E-state index is 10.8. The smallest absolute Gasteiger partial charge is 0.165 e. The Balaban J connectivity index is 2.40. The van der Waals surface area contributed by atoms with Crippen LogP contribution in [0.15, 0.2) is 12.1 Å². The molecule has 2 rings (SSSR count). The second-order valence-electron chi connectivity index (χ2n) is 4.79. The first-order chi connectivity index (χ1) is 7.95. The first-order valence-electron chi connectivity index (χ1n) is 5.51. The Hall–Kier alpha value is -1.55. The number of benzene rings is 1. The average molecular weight is 236 g/mol. The van der Waals surface area contributed by atoms with E-state index < -0.39 is 5.60 Å². The van der Waals surface area contributed by atoms with E-state index >= 15 is 0 Å². The van der Waals surface area contributed by atoms with Gasteiger partial charge in [-0.2, -0.15) is 0 Å². The molecule has 4 heteroatoms. The van der Waals surface area contributed by atoms with E-state index in [9.17, 15) is 9.90 Å². The van der Waals surface area contributed by atoms with Gasteiger partial charge in [-0.1, -0.05) is 0 Å². The van der Waals surface area contributed by atoms with Crippen molar-refractivity contribution < 1.29 is 19.4 Å². The summed E-state index contributed by atoms with van der Waals surface area (Å²) in [5.41, 5.74) is 0.532. The summed E-state index contributed by atoms with van der Waals surface area (Å²) >= 11 is 0. The highest BCUT2D eigenvalue weighted by atomic mass is 16.5. The third-order valence-corrected chi connectivity index (χ3v) is 2.96. The average Bonchev–Trinajstić information content (AvgIpc) is 2.70. The Kier molecular flexibility index (Phi) is 2.83. The van der Waals surface area contributed by atoms with Crippen molar-refractivity contribution in [2.45, 2.75) is 32.0 Å². The van der Waals surface area contributed by atoms with Crippen molar-refractivity contribution >= 4 is 6.29 Å². The van der Waals surface area contributed by atoms with Crippen LogP contribution in [0.4, 0.5) is 0 Å². The van der Waals surface area contributed by atoms with Crippen LogP contribution < -0.4 is 9.47 Å². The van der Waals surface area contributed by atoms with E-state index in [1.165, 1.54) is 7.11 Å². The molecule has 1 aliphatic heterocycles. The summed E-state index contributed by atoms with van der Waals surface area (Å²) in [6.07, 6.45) is 1.05. The molecule has 1 aromatic carbocycles. The minimum Gasteiger partial charge on any atom is -0.493 e. The molecule has 0 aromatic heterocycles. The minimum absolute atomic E-state index is 0.312. The van der Waals surface area contributed by atoms with Crippen molar-refractivity contribution in [1.29, 1.82) is 0 Å². The summed E-state index contributed by atoms with van der Waals surface area (Å²) in [5, 5.41) is 9.94.